The molecule has 0 spiro atoms. The van der Waals surface area contributed by atoms with Crippen LogP contribution in [-0.4, -0.2) is 24.2 Å². The molecule has 1 fully saturated rings. The molecule has 3 atom stereocenters. The summed E-state index contributed by atoms with van der Waals surface area (Å²) < 4.78 is 5.79. The first kappa shape index (κ1) is 13.5. The number of nitrogens with two attached hydrogens (primary N) is 2. The number of hydrogen-bond acceptors (Lipinski definition) is 3. The molecule has 1 rings (SSSR count). The van der Waals surface area contributed by atoms with Crippen molar-refractivity contribution in [1.82, 2.24) is 0 Å². The van der Waals surface area contributed by atoms with E-state index in [0.717, 1.165) is 6.42 Å². The first-order valence-corrected chi connectivity index (χ1v) is 6.14. The Kier molecular flexibility index (Phi) is 4.74. The summed E-state index contributed by atoms with van der Waals surface area (Å²) in [4.78, 5) is 11.0. The Bertz CT molecular complexity index is 241. The van der Waals surface area contributed by atoms with Gasteiger partial charge in [-0.1, -0.05) is 19.8 Å². The Morgan fingerprint density at radius 1 is 1.44 bits per heavy atom. The minimum absolute atomic E-state index is 0.331. The highest BCUT2D eigenvalue weighted by molar-refractivity contribution is 5.83. The highest BCUT2D eigenvalue weighted by Crippen LogP contribution is 2.26. The fourth-order valence-electron chi connectivity index (χ4n) is 2.08. The van der Waals surface area contributed by atoms with Crippen molar-refractivity contribution in [2.45, 2.75) is 57.6 Å². The quantitative estimate of drug-likeness (QED) is 0.741. The second-order valence-corrected chi connectivity index (χ2v) is 5.20. The van der Waals surface area contributed by atoms with Crippen LogP contribution >= 0.6 is 0 Å². The molecule has 1 saturated carbocycles. The van der Waals surface area contributed by atoms with E-state index in [9.17, 15) is 4.79 Å². The Morgan fingerprint density at radius 3 is 2.62 bits per heavy atom. The van der Waals surface area contributed by atoms with Crippen molar-refractivity contribution < 1.29 is 9.53 Å². The molecule has 16 heavy (non-hydrogen) atoms. The summed E-state index contributed by atoms with van der Waals surface area (Å²) in [7, 11) is 0. The van der Waals surface area contributed by atoms with Crippen LogP contribution < -0.4 is 11.5 Å². The van der Waals surface area contributed by atoms with E-state index in [1.54, 1.807) is 6.92 Å². The summed E-state index contributed by atoms with van der Waals surface area (Å²) >= 11 is 0. The van der Waals surface area contributed by atoms with E-state index in [1.165, 1.54) is 19.3 Å². The smallest absolute Gasteiger partial charge is 0.237 e. The molecule has 0 aromatic carbocycles. The molecule has 0 radical (unpaired) electrons. The number of hydrogen-bond donors (Lipinski definition) is 2. The molecule has 4 N–H and O–H groups in total. The van der Waals surface area contributed by atoms with Crippen LogP contribution in [-0.2, 0) is 9.53 Å². The average molecular weight is 228 g/mol. The molecule has 0 aromatic heterocycles. The van der Waals surface area contributed by atoms with E-state index in [0.29, 0.717) is 25.0 Å². The molecule has 0 bridgehead atoms. The standard InChI is InChI=1S/C12H24N2O2/c1-9-5-3-4-6-10(9)16-8-7-12(2,14)11(13)15/h9-10H,3-8,14H2,1-2H3,(H2,13,15). The largest absolute Gasteiger partial charge is 0.378 e. The summed E-state index contributed by atoms with van der Waals surface area (Å²) in [6, 6.07) is 0. The van der Waals surface area contributed by atoms with Gasteiger partial charge in [0.2, 0.25) is 5.91 Å². The molecule has 0 aliphatic heterocycles. The van der Waals surface area contributed by atoms with Crippen molar-refractivity contribution in [1.29, 1.82) is 0 Å². The summed E-state index contributed by atoms with van der Waals surface area (Å²) in [5.41, 5.74) is 10.0. The van der Waals surface area contributed by atoms with Gasteiger partial charge in [-0.2, -0.15) is 0 Å². The Labute approximate surface area is 97.7 Å². The van der Waals surface area contributed by atoms with Crippen molar-refractivity contribution >= 4 is 5.91 Å². The van der Waals surface area contributed by atoms with Crippen LogP contribution in [0.3, 0.4) is 0 Å². The predicted octanol–water partition coefficient (Wildman–Crippen LogP) is 1.17. The van der Waals surface area contributed by atoms with Crippen molar-refractivity contribution in [3.8, 4) is 0 Å². The van der Waals surface area contributed by atoms with Crippen LogP contribution in [0.5, 0.6) is 0 Å². The third-order valence-electron chi connectivity index (χ3n) is 3.55. The van der Waals surface area contributed by atoms with Gasteiger partial charge in [-0.3, -0.25) is 4.79 Å². The van der Waals surface area contributed by atoms with Gasteiger partial charge in [-0.25, -0.2) is 0 Å². The molecule has 4 heteroatoms. The van der Waals surface area contributed by atoms with Crippen LogP contribution in [0, 0.1) is 5.92 Å². The van der Waals surface area contributed by atoms with Crippen LogP contribution in [0.1, 0.15) is 46.0 Å². The first-order chi connectivity index (χ1) is 7.43. The Morgan fingerprint density at radius 2 is 2.06 bits per heavy atom. The lowest BCUT2D eigenvalue weighted by molar-refractivity contribution is -0.123. The number of carbonyl (C=O) groups is 1. The summed E-state index contributed by atoms with van der Waals surface area (Å²) in [6.45, 7) is 4.40. The lowest BCUT2D eigenvalue weighted by Gasteiger charge is -2.30. The summed E-state index contributed by atoms with van der Waals surface area (Å²) in [6.07, 6.45) is 5.73. The van der Waals surface area contributed by atoms with Gasteiger partial charge < -0.3 is 16.2 Å². The van der Waals surface area contributed by atoms with Gasteiger partial charge in [0.25, 0.3) is 0 Å². The molecular weight excluding hydrogens is 204 g/mol. The third kappa shape index (κ3) is 3.76. The molecule has 94 valence electrons. The van der Waals surface area contributed by atoms with Crippen molar-refractivity contribution in [3.05, 3.63) is 0 Å². The minimum Gasteiger partial charge on any atom is -0.378 e. The van der Waals surface area contributed by atoms with Crippen molar-refractivity contribution in [2.24, 2.45) is 17.4 Å². The molecule has 4 nitrogen and oxygen atoms in total. The second-order valence-electron chi connectivity index (χ2n) is 5.20. The molecule has 0 saturated heterocycles. The van der Waals surface area contributed by atoms with Gasteiger partial charge in [0.15, 0.2) is 0 Å². The van der Waals surface area contributed by atoms with Gasteiger partial charge in [0.05, 0.1) is 11.6 Å². The number of primary amides is 1. The van der Waals surface area contributed by atoms with Gasteiger partial charge in [0.1, 0.15) is 0 Å². The van der Waals surface area contributed by atoms with Crippen molar-refractivity contribution in [2.75, 3.05) is 6.61 Å². The van der Waals surface area contributed by atoms with Gasteiger partial charge in [-0.05, 0) is 32.1 Å². The Balaban J connectivity index is 2.26. The SMILES string of the molecule is CC1CCCCC1OCCC(C)(N)C(N)=O. The van der Waals surface area contributed by atoms with Crippen LogP contribution in [0.15, 0.2) is 0 Å². The fraction of sp³-hybridized carbons (Fsp3) is 0.917. The van der Waals surface area contributed by atoms with Gasteiger partial charge in [0, 0.05) is 6.61 Å². The number of ether oxygens (including phenoxy) is 1. The maximum absolute atomic E-state index is 11.0. The number of amides is 1. The maximum Gasteiger partial charge on any atom is 0.237 e. The lowest BCUT2D eigenvalue weighted by Crippen LogP contribution is -2.50. The number of carbonyl (C=O) groups excluding carboxylic acids is 1. The van der Waals surface area contributed by atoms with E-state index in [4.69, 9.17) is 16.2 Å². The maximum atomic E-state index is 11.0. The second kappa shape index (κ2) is 5.64. The lowest BCUT2D eigenvalue weighted by atomic mass is 9.88. The van der Waals surface area contributed by atoms with E-state index in [-0.39, 0.29) is 0 Å². The highest BCUT2D eigenvalue weighted by Gasteiger charge is 2.27. The number of rotatable bonds is 5. The van der Waals surface area contributed by atoms with E-state index in [2.05, 4.69) is 6.92 Å². The van der Waals surface area contributed by atoms with Crippen LogP contribution in [0.25, 0.3) is 0 Å². The zero-order valence-electron chi connectivity index (χ0n) is 10.4. The van der Waals surface area contributed by atoms with E-state index in [1.807, 2.05) is 0 Å². The minimum atomic E-state index is -0.947. The summed E-state index contributed by atoms with van der Waals surface area (Å²) in [5, 5.41) is 0. The zero-order valence-corrected chi connectivity index (χ0v) is 10.4. The predicted molar refractivity (Wildman–Crippen MR) is 63.8 cm³/mol. The molecule has 0 heterocycles. The molecule has 1 aliphatic rings. The van der Waals surface area contributed by atoms with E-state index >= 15 is 0 Å². The third-order valence-corrected chi connectivity index (χ3v) is 3.55. The van der Waals surface area contributed by atoms with Gasteiger partial charge >= 0.3 is 0 Å². The molecule has 0 aromatic rings. The van der Waals surface area contributed by atoms with Gasteiger partial charge in [-0.15, -0.1) is 0 Å². The van der Waals surface area contributed by atoms with Crippen molar-refractivity contribution in [3.63, 3.8) is 0 Å². The topological polar surface area (TPSA) is 78.3 Å². The van der Waals surface area contributed by atoms with Crippen LogP contribution in [0.4, 0.5) is 0 Å². The van der Waals surface area contributed by atoms with Crippen LogP contribution in [0.2, 0.25) is 0 Å². The molecule has 3 unspecified atom stereocenters. The molecule has 1 amide bonds. The first-order valence-electron chi connectivity index (χ1n) is 6.14. The Hall–Kier alpha value is -0.610. The zero-order chi connectivity index (χ0) is 12.2. The monoisotopic (exact) mass is 228 g/mol. The fourth-order valence-corrected chi connectivity index (χ4v) is 2.08. The average Bonchev–Trinajstić information content (AvgIpc) is 2.20. The molecular formula is C12H24N2O2. The normalized spacial score (nSPS) is 29.7. The summed E-state index contributed by atoms with van der Waals surface area (Å²) in [5.74, 6) is 0.152. The molecule has 1 aliphatic carbocycles. The van der Waals surface area contributed by atoms with E-state index < -0.39 is 11.4 Å². The highest BCUT2D eigenvalue weighted by atomic mass is 16.5.